The van der Waals surface area contributed by atoms with E-state index in [1.54, 1.807) is 18.2 Å². The number of alkyl halides is 3. The van der Waals surface area contributed by atoms with Crippen LogP contribution in [0.2, 0.25) is 0 Å². The van der Waals surface area contributed by atoms with Crippen LogP contribution in [0.4, 0.5) is 24.5 Å². The maximum absolute atomic E-state index is 13.6. The molecule has 4 rings (SSSR count). The molecule has 5 nitrogen and oxygen atoms in total. The molecule has 0 bridgehead atoms. The van der Waals surface area contributed by atoms with Gasteiger partial charge in [0.05, 0.1) is 17.6 Å². The summed E-state index contributed by atoms with van der Waals surface area (Å²) in [6, 6.07) is 7.91. The largest absolute Gasteiger partial charge is 0.471 e. The Labute approximate surface area is 165 Å². The molecule has 0 saturated carbocycles. The van der Waals surface area contributed by atoms with Crippen molar-refractivity contribution in [3.63, 3.8) is 0 Å². The number of halogens is 3. The summed E-state index contributed by atoms with van der Waals surface area (Å²) in [4.78, 5) is 26.3. The molecule has 1 atom stereocenters. The predicted molar refractivity (Wildman–Crippen MR) is 100 cm³/mol. The Morgan fingerprint density at radius 1 is 1.17 bits per heavy atom. The maximum Gasteiger partial charge on any atom is 0.471 e. The first-order valence-corrected chi connectivity index (χ1v) is 9.14. The van der Waals surface area contributed by atoms with Gasteiger partial charge in [0.15, 0.2) is 5.78 Å². The number of para-hydroxylation sites is 2. The Balaban J connectivity index is 2.02. The van der Waals surface area contributed by atoms with Gasteiger partial charge in [-0.05, 0) is 36.1 Å². The molecule has 1 aliphatic carbocycles. The van der Waals surface area contributed by atoms with Gasteiger partial charge in [-0.2, -0.15) is 13.2 Å². The van der Waals surface area contributed by atoms with Gasteiger partial charge in [0.1, 0.15) is 11.8 Å². The normalized spacial score (nSPS) is 21.2. The number of Topliss-reactive ketones (excluding diaryl/α,β-unsaturated/α-hetero) is 1. The summed E-state index contributed by atoms with van der Waals surface area (Å²) in [5, 5.41) is 3.13. The van der Waals surface area contributed by atoms with Gasteiger partial charge in [0.25, 0.3) is 0 Å². The van der Waals surface area contributed by atoms with Crippen LogP contribution in [0.5, 0.6) is 0 Å². The number of benzene rings is 1. The number of hydrogen-bond acceptors (Lipinski definition) is 4. The summed E-state index contributed by atoms with van der Waals surface area (Å²) < 4.78 is 46.1. The zero-order valence-electron chi connectivity index (χ0n) is 15.8. The summed E-state index contributed by atoms with van der Waals surface area (Å²) in [5.74, 6) is -2.26. The summed E-state index contributed by atoms with van der Waals surface area (Å²) in [7, 11) is 0. The number of nitrogens with one attached hydrogen (secondary N) is 1. The van der Waals surface area contributed by atoms with Crippen molar-refractivity contribution in [1.29, 1.82) is 0 Å². The monoisotopic (exact) mass is 404 g/mol. The fourth-order valence-electron chi connectivity index (χ4n) is 4.06. The molecule has 1 aromatic heterocycles. The first-order chi connectivity index (χ1) is 13.6. The molecule has 0 radical (unpaired) electrons. The number of ketones is 1. The summed E-state index contributed by atoms with van der Waals surface area (Å²) in [5.41, 5.74) is 0.647. The number of furan rings is 1. The topological polar surface area (TPSA) is 62.6 Å². The van der Waals surface area contributed by atoms with Crippen molar-refractivity contribution in [2.45, 2.75) is 38.9 Å². The van der Waals surface area contributed by atoms with Crippen molar-refractivity contribution < 1.29 is 27.2 Å². The van der Waals surface area contributed by atoms with Gasteiger partial charge in [-0.1, -0.05) is 26.0 Å². The van der Waals surface area contributed by atoms with Gasteiger partial charge < -0.3 is 9.73 Å². The van der Waals surface area contributed by atoms with E-state index < -0.39 is 18.1 Å². The number of carbonyl (C=O) groups excluding carboxylic acids is 2. The summed E-state index contributed by atoms with van der Waals surface area (Å²) >= 11 is 0. The van der Waals surface area contributed by atoms with Crippen LogP contribution in [0.15, 0.2) is 58.3 Å². The quantitative estimate of drug-likeness (QED) is 0.728. The Kier molecular flexibility index (Phi) is 4.33. The van der Waals surface area contributed by atoms with Crippen LogP contribution in [0.3, 0.4) is 0 Å². The molecule has 0 fully saturated rings. The van der Waals surface area contributed by atoms with E-state index in [-0.39, 0.29) is 34.6 Å². The van der Waals surface area contributed by atoms with Crippen LogP contribution in [0.1, 0.15) is 38.5 Å². The fourth-order valence-corrected chi connectivity index (χ4v) is 4.06. The summed E-state index contributed by atoms with van der Waals surface area (Å²) in [6.45, 7) is 3.85. The van der Waals surface area contributed by atoms with Gasteiger partial charge in [-0.15, -0.1) is 0 Å². The molecule has 29 heavy (non-hydrogen) atoms. The molecule has 1 aliphatic heterocycles. The average molecular weight is 404 g/mol. The van der Waals surface area contributed by atoms with E-state index in [0.717, 1.165) is 0 Å². The van der Waals surface area contributed by atoms with Gasteiger partial charge in [-0.3, -0.25) is 14.5 Å². The molecule has 1 aromatic carbocycles. The van der Waals surface area contributed by atoms with E-state index in [4.69, 9.17) is 4.42 Å². The number of nitrogens with zero attached hydrogens (tertiary/aromatic N) is 1. The summed E-state index contributed by atoms with van der Waals surface area (Å²) in [6.07, 6.45) is -3.20. The number of anilines is 2. The van der Waals surface area contributed by atoms with E-state index in [1.807, 2.05) is 13.8 Å². The molecule has 152 valence electrons. The molecule has 8 heteroatoms. The van der Waals surface area contributed by atoms with Crippen molar-refractivity contribution in [3.05, 3.63) is 59.7 Å². The minimum absolute atomic E-state index is 0.0382. The number of rotatable bonds is 1. The van der Waals surface area contributed by atoms with Crippen LogP contribution in [0.25, 0.3) is 0 Å². The Morgan fingerprint density at radius 2 is 1.90 bits per heavy atom. The lowest BCUT2D eigenvalue weighted by Gasteiger charge is -2.36. The minimum Gasteiger partial charge on any atom is -0.467 e. The highest BCUT2D eigenvalue weighted by Crippen LogP contribution is 2.49. The third-order valence-corrected chi connectivity index (χ3v) is 5.17. The lowest BCUT2D eigenvalue weighted by Crippen LogP contribution is -2.45. The highest BCUT2D eigenvalue weighted by molar-refractivity contribution is 6.07. The second-order valence-electron chi connectivity index (χ2n) is 8.07. The van der Waals surface area contributed by atoms with Crippen LogP contribution in [0, 0.1) is 5.41 Å². The van der Waals surface area contributed by atoms with E-state index in [0.29, 0.717) is 22.7 Å². The van der Waals surface area contributed by atoms with E-state index in [2.05, 4.69) is 5.32 Å². The SMILES string of the molecule is CC1(C)CC(=O)C2=C(C1)Nc1ccccc1N(C(=O)C(F)(F)F)[C@H]2c1ccco1. The lowest BCUT2D eigenvalue weighted by atomic mass is 9.74. The third kappa shape index (κ3) is 3.32. The number of carbonyl (C=O) groups is 2. The van der Waals surface area contributed by atoms with Gasteiger partial charge in [0, 0.05) is 17.7 Å². The van der Waals surface area contributed by atoms with Gasteiger partial charge in [-0.25, -0.2) is 0 Å². The molecule has 2 heterocycles. The molecular weight excluding hydrogens is 385 g/mol. The second-order valence-corrected chi connectivity index (χ2v) is 8.07. The van der Waals surface area contributed by atoms with Crippen molar-refractivity contribution in [3.8, 4) is 0 Å². The Hall–Kier alpha value is -3.03. The van der Waals surface area contributed by atoms with Crippen molar-refractivity contribution >= 4 is 23.1 Å². The van der Waals surface area contributed by atoms with Crippen molar-refractivity contribution in [2.24, 2.45) is 5.41 Å². The molecule has 0 spiro atoms. The first kappa shape index (κ1) is 19.3. The number of fused-ring (bicyclic) bond motifs is 1. The van der Waals surface area contributed by atoms with Gasteiger partial charge in [0.2, 0.25) is 0 Å². The highest BCUT2D eigenvalue weighted by Gasteiger charge is 2.51. The van der Waals surface area contributed by atoms with Crippen LogP contribution < -0.4 is 10.2 Å². The van der Waals surface area contributed by atoms with Crippen molar-refractivity contribution in [1.82, 2.24) is 0 Å². The van der Waals surface area contributed by atoms with Crippen LogP contribution in [-0.2, 0) is 9.59 Å². The molecule has 1 N–H and O–H groups in total. The standard InChI is InChI=1S/C21H19F3N2O3/c1-20(2)10-13-17(15(27)11-20)18(16-8-5-9-29-16)26(19(28)21(22,23)24)14-7-4-3-6-12(14)25-13/h3-9,18,25H,10-11H2,1-2H3/t18-/m0/s1. The molecule has 0 saturated heterocycles. The molecule has 0 unspecified atom stereocenters. The minimum atomic E-state index is -5.12. The number of hydrogen-bond donors (Lipinski definition) is 1. The van der Waals surface area contributed by atoms with E-state index in [9.17, 15) is 22.8 Å². The van der Waals surface area contributed by atoms with E-state index in [1.165, 1.54) is 24.5 Å². The van der Waals surface area contributed by atoms with Gasteiger partial charge >= 0.3 is 12.1 Å². The smallest absolute Gasteiger partial charge is 0.467 e. The molecule has 2 aliphatic rings. The zero-order chi connectivity index (χ0) is 21.0. The van der Waals surface area contributed by atoms with Crippen molar-refractivity contribution in [2.75, 3.05) is 10.2 Å². The first-order valence-electron chi connectivity index (χ1n) is 9.14. The predicted octanol–water partition coefficient (Wildman–Crippen LogP) is 4.98. The van der Waals surface area contributed by atoms with E-state index >= 15 is 0 Å². The Bertz CT molecular complexity index is 1010. The molecule has 1 amide bonds. The average Bonchev–Trinajstić information content (AvgIpc) is 3.09. The zero-order valence-corrected chi connectivity index (χ0v) is 15.8. The fraction of sp³-hybridized carbons (Fsp3) is 0.333. The molecular formula is C21H19F3N2O3. The van der Waals surface area contributed by atoms with Crippen LogP contribution >= 0.6 is 0 Å². The number of allylic oxidation sites excluding steroid dienone is 1. The number of amides is 1. The third-order valence-electron chi connectivity index (χ3n) is 5.17. The highest BCUT2D eigenvalue weighted by atomic mass is 19.4. The lowest BCUT2D eigenvalue weighted by molar-refractivity contribution is -0.171. The second kappa shape index (κ2) is 6.50. The molecule has 2 aromatic rings. The Morgan fingerprint density at radius 3 is 2.55 bits per heavy atom. The van der Waals surface area contributed by atoms with Crippen LogP contribution in [-0.4, -0.2) is 17.9 Å². The maximum atomic E-state index is 13.6.